The molecule has 0 atom stereocenters. The Morgan fingerprint density at radius 2 is 2.08 bits per heavy atom. The lowest BCUT2D eigenvalue weighted by Crippen LogP contribution is -2.08. The lowest BCUT2D eigenvalue weighted by Gasteiger charge is -2.03. The van der Waals surface area contributed by atoms with Crippen LogP contribution in [0.4, 0.5) is 0 Å². The third-order valence-electron chi connectivity index (χ3n) is 1.92. The van der Waals surface area contributed by atoms with E-state index in [1.54, 1.807) is 6.21 Å². The van der Waals surface area contributed by atoms with Gasteiger partial charge in [-0.25, -0.2) is 0 Å². The van der Waals surface area contributed by atoms with Gasteiger partial charge in [-0.05, 0) is 12.1 Å². The maximum absolute atomic E-state index is 5.28. The summed E-state index contributed by atoms with van der Waals surface area (Å²) in [5.41, 5.74) is 0.851. The molecule has 4 nitrogen and oxygen atoms in total. The van der Waals surface area contributed by atoms with Crippen molar-refractivity contribution < 1.29 is 14.0 Å². The van der Waals surface area contributed by atoms with Crippen LogP contribution in [-0.2, 0) is 15.6 Å². The van der Waals surface area contributed by atoms with E-state index >= 15 is 0 Å². The van der Waals surface area contributed by atoms with Crippen LogP contribution in [0.3, 0.4) is 0 Å². The third-order valence-corrected chi connectivity index (χ3v) is 2.36. The zero-order valence-corrected chi connectivity index (χ0v) is 7.28. The van der Waals surface area contributed by atoms with Crippen LogP contribution >= 0.6 is 12.2 Å². The van der Waals surface area contributed by atoms with Crippen LogP contribution in [0.5, 0.6) is 5.75 Å². The van der Waals surface area contributed by atoms with Gasteiger partial charge in [-0.15, -0.1) is 0 Å². The van der Waals surface area contributed by atoms with Gasteiger partial charge in [0, 0.05) is 0 Å². The second-order valence-electron chi connectivity index (χ2n) is 2.72. The molecule has 1 aromatic carbocycles. The van der Waals surface area contributed by atoms with Crippen molar-refractivity contribution in [1.82, 2.24) is 0 Å². The summed E-state index contributed by atoms with van der Waals surface area (Å²) in [6, 6.07) is 7.53. The van der Waals surface area contributed by atoms with E-state index in [1.807, 2.05) is 24.3 Å². The average molecular weight is 195 g/mol. The van der Waals surface area contributed by atoms with E-state index in [1.165, 1.54) is 0 Å². The van der Waals surface area contributed by atoms with Crippen LogP contribution in [0.2, 0.25) is 0 Å². The Balaban J connectivity index is 2.18. The van der Waals surface area contributed by atoms with Crippen LogP contribution in [0.1, 0.15) is 5.56 Å². The van der Waals surface area contributed by atoms with Gasteiger partial charge in [-0.1, -0.05) is 12.1 Å². The molecule has 1 fully saturated rings. The second kappa shape index (κ2) is 2.47. The van der Waals surface area contributed by atoms with Gasteiger partial charge < -0.3 is 4.18 Å². The highest BCUT2D eigenvalue weighted by Crippen LogP contribution is 2.45. The fraction of sp³-hybridized carbons (Fsp3) is 0.125. The Morgan fingerprint density at radius 3 is 2.92 bits per heavy atom. The summed E-state index contributed by atoms with van der Waals surface area (Å²) in [5, 5.41) is 0. The van der Waals surface area contributed by atoms with Gasteiger partial charge in [0.25, 0.3) is 5.79 Å². The molecule has 1 saturated heterocycles. The van der Waals surface area contributed by atoms with E-state index in [0.717, 1.165) is 23.5 Å². The monoisotopic (exact) mass is 195 g/mol. The molecule has 2 aliphatic heterocycles. The third kappa shape index (κ3) is 1.05. The first kappa shape index (κ1) is 7.37. The van der Waals surface area contributed by atoms with E-state index in [9.17, 15) is 0 Å². The fourth-order valence-electron chi connectivity index (χ4n) is 1.23. The fourth-order valence-corrected chi connectivity index (χ4v) is 1.68. The van der Waals surface area contributed by atoms with E-state index in [2.05, 4.69) is 4.40 Å². The summed E-state index contributed by atoms with van der Waals surface area (Å²) in [7, 11) is 0. The number of para-hydroxylation sites is 1. The first-order valence-corrected chi connectivity index (χ1v) is 4.45. The summed E-state index contributed by atoms with van der Waals surface area (Å²) in [4.78, 5) is 9.80. The normalized spacial score (nSPS) is 21.8. The topological polar surface area (TPSA) is 46.6 Å². The molecule has 66 valence electrons. The van der Waals surface area contributed by atoms with Crippen LogP contribution in [-0.4, -0.2) is 6.21 Å². The molecule has 5 heteroatoms. The van der Waals surface area contributed by atoms with Crippen molar-refractivity contribution >= 4 is 18.4 Å². The molecule has 0 N–H and O–H groups in total. The van der Waals surface area contributed by atoms with Gasteiger partial charge in [-0.2, -0.15) is 14.2 Å². The molecule has 0 bridgehead atoms. The van der Waals surface area contributed by atoms with Crippen molar-refractivity contribution in [2.75, 3.05) is 0 Å². The molecular weight excluding hydrogens is 190 g/mol. The van der Waals surface area contributed by atoms with Gasteiger partial charge in [-0.3, -0.25) is 0 Å². The molecule has 13 heavy (non-hydrogen) atoms. The molecular formula is C8H5NO3S. The van der Waals surface area contributed by atoms with Gasteiger partial charge >= 0.3 is 0 Å². The zero-order chi connectivity index (χ0) is 8.73. The van der Waals surface area contributed by atoms with Gasteiger partial charge in [0.2, 0.25) is 12.2 Å². The molecule has 1 spiro atoms. The Morgan fingerprint density at radius 1 is 1.23 bits per heavy atom. The maximum atomic E-state index is 5.28. The number of rotatable bonds is 0. The summed E-state index contributed by atoms with van der Waals surface area (Å²) < 4.78 is 9.20. The highest BCUT2D eigenvalue weighted by Gasteiger charge is 2.52. The van der Waals surface area contributed by atoms with E-state index in [-0.39, 0.29) is 0 Å². The Labute approximate surface area is 78.8 Å². The Hall–Kier alpha value is -1.04. The maximum Gasteiger partial charge on any atom is 0.298 e. The highest BCUT2D eigenvalue weighted by atomic mass is 32.2. The van der Waals surface area contributed by atoms with Crippen molar-refractivity contribution in [3.05, 3.63) is 29.8 Å². The van der Waals surface area contributed by atoms with Crippen molar-refractivity contribution in [3.8, 4) is 5.75 Å². The number of benzene rings is 1. The average Bonchev–Trinajstić information content (AvgIpc) is 2.96. The molecule has 0 saturated carbocycles. The van der Waals surface area contributed by atoms with E-state index in [0.29, 0.717) is 0 Å². The minimum absolute atomic E-state index is 0.725. The molecule has 0 amide bonds. The molecule has 2 heterocycles. The summed E-state index contributed by atoms with van der Waals surface area (Å²) in [6.07, 6.45) is 1.59. The smallest absolute Gasteiger partial charge is 0.298 e. The van der Waals surface area contributed by atoms with E-state index in [4.69, 9.17) is 14.0 Å². The van der Waals surface area contributed by atoms with E-state index < -0.39 is 5.79 Å². The lowest BCUT2D eigenvalue weighted by molar-refractivity contribution is 0.0850. The first-order chi connectivity index (χ1) is 6.41. The molecule has 1 aromatic rings. The number of hydrogen-bond acceptors (Lipinski definition) is 5. The molecule has 0 aromatic heterocycles. The minimum Gasteiger partial charge on any atom is -0.404 e. The van der Waals surface area contributed by atoms with Crippen molar-refractivity contribution in [3.63, 3.8) is 0 Å². The Bertz CT molecular complexity index is 375. The number of fused-ring (bicyclic) bond motifs is 2. The molecule has 0 radical (unpaired) electrons. The molecule has 3 rings (SSSR count). The standard InChI is InChI=1S/C8H5NO3S/c1-2-4-7-6(3-1)8(11-12-8)5-9-13-10-7/h1-5H. The van der Waals surface area contributed by atoms with Gasteiger partial charge in [0.05, 0.1) is 11.8 Å². The van der Waals surface area contributed by atoms with Crippen molar-refractivity contribution in [2.24, 2.45) is 4.40 Å². The van der Waals surface area contributed by atoms with Crippen molar-refractivity contribution in [2.45, 2.75) is 5.79 Å². The quantitative estimate of drug-likeness (QED) is 0.274. The molecule has 2 aliphatic rings. The molecule has 0 aliphatic carbocycles. The Kier molecular flexibility index (Phi) is 1.40. The zero-order valence-electron chi connectivity index (χ0n) is 6.47. The highest BCUT2D eigenvalue weighted by molar-refractivity contribution is 7.93. The van der Waals surface area contributed by atoms with Crippen LogP contribution in [0, 0.1) is 0 Å². The predicted octanol–water partition coefficient (Wildman–Crippen LogP) is 1.83. The SMILES string of the molecule is C1=NSOc2ccccc2C12OO2. The first-order valence-electron chi connectivity index (χ1n) is 3.75. The largest absolute Gasteiger partial charge is 0.404 e. The summed E-state index contributed by atoms with van der Waals surface area (Å²) >= 11 is 1.01. The predicted molar refractivity (Wildman–Crippen MR) is 47.0 cm³/mol. The van der Waals surface area contributed by atoms with Crippen molar-refractivity contribution in [1.29, 1.82) is 0 Å². The summed E-state index contributed by atoms with van der Waals surface area (Å²) in [5.74, 6) is -0.0670. The number of nitrogens with zero attached hydrogens (tertiary/aromatic N) is 1. The lowest BCUT2D eigenvalue weighted by atomic mass is 10.1. The van der Waals surface area contributed by atoms with Gasteiger partial charge in [0.1, 0.15) is 5.75 Å². The van der Waals surface area contributed by atoms with Crippen LogP contribution in [0.25, 0.3) is 0 Å². The number of hydrogen-bond donors (Lipinski definition) is 0. The summed E-state index contributed by atoms with van der Waals surface area (Å²) in [6.45, 7) is 0. The molecule has 0 unspecified atom stereocenters. The van der Waals surface area contributed by atoms with Gasteiger partial charge in [0.15, 0.2) is 0 Å². The minimum atomic E-state index is -0.792. The second-order valence-corrected chi connectivity index (χ2v) is 3.25. The van der Waals surface area contributed by atoms with Crippen LogP contribution in [0.15, 0.2) is 28.7 Å². The van der Waals surface area contributed by atoms with Crippen LogP contribution < -0.4 is 4.18 Å².